The Bertz CT molecular complexity index is 604. The molecule has 2 aromatic carbocycles. The van der Waals surface area contributed by atoms with Crippen LogP contribution >= 0.6 is 0 Å². The number of halogens is 2. The van der Waals surface area contributed by atoms with Crippen molar-refractivity contribution in [2.45, 2.75) is 0 Å². The molecule has 0 aliphatic heterocycles. The van der Waals surface area contributed by atoms with Gasteiger partial charge < -0.3 is 4.74 Å². The first-order valence-electron chi connectivity index (χ1n) is 6.00. The zero-order chi connectivity index (χ0) is 14.4. The van der Waals surface area contributed by atoms with Crippen LogP contribution in [-0.4, -0.2) is 12.6 Å². The molecule has 102 valence electrons. The number of hydrogen-bond donors (Lipinski definition) is 0. The number of allylic oxidation sites excluding steroid dienone is 1. The molecule has 0 aliphatic carbocycles. The van der Waals surface area contributed by atoms with Crippen molar-refractivity contribution in [3.8, 4) is 0 Å². The largest absolute Gasteiger partial charge is 0.423 e. The molecule has 0 atom stereocenters. The van der Waals surface area contributed by atoms with E-state index in [9.17, 15) is 13.6 Å². The monoisotopic (exact) mass is 274 g/mol. The molecule has 2 rings (SSSR count). The summed E-state index contributed by atoms with van der Waals surface area (Å²) in [7, 11) is 0. The molecule has 2 nitrogen and oxygen atoms in total. The van der Waals surface area contributed by atoms with Gasteiger partial charge in [0.25, 0.3) is 0 Å². The first-order valence-corrected chi connectivity index (χ1v) is 6.00. The van der Waals surface area contributed by atoms with E-state index in [2.05, 4.69) is 0 Å². The summed E-state index contributed by atoms with van der Waals surface area (Å²) in [5.41, 5.74) is 0.799. The molecule has 0 bridgehead atoms. The number of carbonyl (C=O) groups excluding carboxylic acids is 1. The number of esters is 1. The molecule has 0 unspecified atom stereocenters. The van der Waals surface area contributed by atoms with Gasteiger partial charge in [-0.15, -0.1) is 0 Å². The van der Waals surface area contributed by atoms with Crippen LogP contribution in [0, 0.1) is 5.82 Å². The Morgan fingerprint density at radius 3 is 2.25 bits per heavy atom. The van der Waals surface area contributed by atoms with Crippen molar-refractivity contribution >= 4 is 11.7 Å². The van der Waals surface area contributed by atoms with Crippen molar-refractivity contribution in [3.05, 3.63) is 77.6 Å². The second-order valence-electron chi connectivity index (χ2n) is 3.99. The summed E-state index contributed by atoms with van der Waals surface area (Å²) in [4.78, 5) is 11.9. The summed E-state index contributed by atoms with van der Waals surface area (Å²) in [6.07, 6.45) is 1.13. The third-order valence-corrected chi connectivity index (χ3v) is 2.60. The van der Waals surface area contributed by atoms with Gasteiger partial charge in [0, 0.05) is 5.56 Å². The lowest BCUT2D eigenvalue weighted by Gasteiger charge is -2.09. The van der Waals surface area contributed by atoms with Crippen molar-refractivity contribution in [2.75, 3.05) is 6.67 Å². The second kappa shape index (κ2) is 6.61. The number of hydrogen-bond acceptors (Lipinski definition) is 2. The predicted molar refractivity (Wildman–Crippen MR) is 72.2 cm³/mol. The number of rotatable bonds is 4. The quantitative estimate of drug-likeness (QED) is 0.622. The van der Waals surface area contributed by atoms with Crippen LogP contribution in [0.3, 0.4) is 0 Å². The summed E-state index contributed by atoms with van der Waals surface area (Å²) in [5.74, 6) is -0.932. The van der Waals surface area contributed by atoms with Gasteiger partial charge in [-0.1, -0.05) is 18.2 Å². The van der Waals surface area contributed by atoms with Crippen molar-refractivity contribution < 1.29 is 18.3 Å². The summed E-state index contributed by atoms with van der Waals surface area (Å²) in [6.45, 7) is -0.783. The van der Waals surface area contributed by atoms with Crippen LogP contribution in [0.5, 0.6) is 0 Å². The zero-order valence-corrected chi connectivity index (χ0v) is 10.6. The van der Waals surface area contributed by atoms with Crippen molar-refractivity contribution in [1.29, 1.82) is 0 Å². The van der Waals surface area contributed by atoms with Gasteiger partial charge in [-0.25, -0.2) is 13.6 Å². The Morgan fingerprint density at radius 2 is 1.65 bits per heavy atom. The van der Waals surface area contributed by atoms with E-state index >= 15 is 0 Å². The Morgan fingerprint density at radius 1 is 1.00 bits per heavy atom. The minimum Gasteiger partial charge on any atom is -0.423 e. The number of carbonyl (C=O) groups is 1. The van der Waals surface area contributed by atoms with Gasteiger partial charge in [0.05, 0.1) is 5.56 Å². The molecular weight excluding hydrogens is 262 g/mol. The minimum absolute atomic E-state index is 0.0707. The van der Waals surface area contributed by atoms with Crippen LogP contribution in [0.4, 0.5) is 8.78 Å². The molecule has 0 aromatic heterocycles. The lowest BCUT2D eigenvalue weighted by atomic mass is 10.1. The fraction of sp³-hybridized carbons (Fsp3) is 0.0625. The van der Waals surface area contributed by atoms with Gasteiger partial charge in [-0.3, -0.25) is 0 Å². The number of alkyl halides is 1. The molecule has 0 fully saturated rings. The highest BCUT2D eigenvalue weighted by atomic mass is 19.1. The molecule has 0 N–H and O–H groups in total. The standard InChI is InChI=1S/C16H12F2O2/c17-11-10-15(12-6-8-14(18)9-7-12)20-16(19)13-4-2-1-3-5-13/h1-10H,11H2. The average Bonchev–Trinajstić information content (AvgIpc) is 2.48. The van der Waals surface area contributed by atoms with E-state index in [1.54, 1.807) is 30.3 Å². The zero-order valence-electron chi connectivity index (χ0n) is 10.6. The lowest BCUT2D eigenvalue weighted by molar-refractivity contribution is 0.0691. The molecule has 0 spiro atoms. The Hall–Kier alpha value is -2.49. The molecule has 0 aliphatic rings. The Labute approximate surface area is 115 Å². The van der Waals surface area contributed by atoms with Gasteiger partial charge in [0.2, 0.25) is 0 Å². The van der Waals surface area contributed by atoms with E-state index < -0.39 is 18.5 Å². The number of benzene rings is 2. The van der Waals surface area contributed by atoms with E-state index in [4.69, 9.17) is 4.74 Å². The van der Waals surface area contributed by atoms with Gasteiger partial charge >= 0.3 is 5.97 Å². The minimum atomic E-state index is -0.783. The van der Waals surface area contributed by atoms with Gasteiger partial charge in [-0.2, -0.15) is 0 Å². The van der Waals surface area contributed by atoms with Crippen LogP contribution in [0.15, 0.2) is 60.7 Å². The normalized spacial score (nSPS) is 11.2. The van der Waals surface area contributed by atoms with Crippen LogP contribution in [0.25, 0.3) is 5.76 Å². The summed E-state index contributed by atoms with van der Waals surface area (Å²) in [5, 5.41) is 0. The van der Waals surface area contributed by atoms with E-state index in [0.717, 1.165) is 6.08 Å². The van der Waals surface area contributed by atoms with Crippen LogP contribution in [0.2, 0.25) is 0 Å². The van der Waals surface area contributed by atoms with E-state index in [1.807, 2.05) is 0 Å². The average molecular weight is 274 g/mol. The van der Waals surface area contributed by atoms with Gasteiger partial charge in [0.1, 0.15) is 18.3 Å². The second-order valence-corrected chi connectivity index (χ2v) is 3.99. The molecule has 0 saturated heterocycles. The first kappa shape index (κ1) is 13.9. The lowest BCUT2D eigenvalue weighted by Crippen LogP contribution is -2.05. The highest BCUT2D eigenvalue weighted by molar-refractivity contribution is 5.93. The third-order valence-electron chi connectivity index (χ3n) is 2.60. The van der Waals surface area contributed by atoms with Crippen molar-refractivity contribution in [1.82, 2.24) is 0 Å². The van der Waals surface area contributed by atoms with Gasteiger partial charge in [0.15, 0.2) is 0 Å². The van der Waals surface area contributed by atoms with Crippen LogP contribution in [0.1, 0.15) is 15.9 Å². The Kier molecular flexibility index (Phi) is 4.60. The SMILES string of the molecule is O=C(OC(=CCF)c1ccc(F)cc1)c1ccccc1. The molecule has 0 amide bonds. The highest BCUT2D eigenvalue weighted by Gasteiger charge is 2.11. The summed E-state index contributed by atoms with van der Waals surface area (Å²) >= 11 is 0. The van der Waals surface area contributed by atoms with Crippen molar-refractivity contribution in [3.63, 3.8) is 0 Å². The molecule has 0 radical (unpaired) electrons. The van der Waals surface area contributed by atoms with Crippen LogP contribution in [-0.2, 0) is 4.74 Å². The van der Waals surface area contributed by atoms with Crippen molar-refractivity contribution in [2.24, 2.45) is 0 Å². The highest BCUT2D eigenvalue weighted by Crippen LogP contribution is 2.18. The van der Waals surface area contributed by atoms with E-state index in [0.29, 0.717) is 11.1 Å². The molecular formula is C16H12F2O2. The fourth-order valence-corrected chi connectivity index (χ4v) is 1.64. The first-order chi connectivity index (χ1) is 9.70. The smallest absolute Gasteiger partial charge is 0.343 e. The molecule has 0 heterocycles. The topological polar surface area (TPSA) is 26.3 Å². The van der Waals surface area contributed by atoms with E-state index in [-0.39, 0.29) is 5.76 Å². The third kappa shape index (κ3) is 3.51. The number of ether oxygens (including phenoxy) is 1. The molecule has 2 aromatic rings. The maximum Gasteiger partial charge on any atom is 0.343 e. The molecule has 0 saturated carbocycles. The van der Waals surface area contributed by atoms with Crippen LogP contribution < -0.4 is 0 Å². The van der Waals surface area contributed by atoms with Gasteiger partial charge in [-0.05, 0) is 42.5 Å². The Balaban J connectivity index is 2.21. The molecule has 20 heavy (non-hydrogen) atoms. The maximum absolute atomic E-state index is 12.9. The van der Waals surface area contributed by atoms with E-state index in [1.165, 1.54) is 24.3 Å². The summed E-state index contributed by atoms with van der Waals surface area (Å²) in [6, 6.07) is 13.7. The predicted octanol–water partition coefficient (Wildman–Crippen LogP) is 3.99. The summed E-state index contributed by atoms with van der Waals surface area (Å²) < 4.78 is 30.5. The maximum atomic E-state index is 12.9. The molecule has 4 heteroatoms. The fourth-order valence-electron chi connectivity index (χ4n) is 1.64.